The lowest BCUT2D eigenvalue weighted by Gasteiger charge is -2.32. The third-order valence-electron chi connectivity index (χ3n) is 5.33. The second kappa shape index (κ2) is 9.96. The minimum absolute atomic E-state index is 0.0231. The van der Waals surface area contributed by atoms with E-state index in [1.165, 1.54) is 21.3 Å². The predicted molar refractivity (Wildman–Crippen MR) is 111 cm³/mol. The van der Waals surface area contributed by atoms with Crippen LogP contribution in [0.5, 0.6) is 17.2 Å². The molecule has 0 unspecified atom stereocenters. The van der Waals surface area contributed by atoms with E-state index in [1.54, 1.807) is 36.7 Å². The molecule has 1 saturated heterocycles. The summed E-state index contributed by atoms with van der Waals surface area (Å²) in [4.78, 5) is 31.1. The second-order valence-corrected chi connectivity index (χ2v) is 7.06. The third kappa shape index (κ3) is 4.64. The lowest BCUT2D eigenvalue weighted by atomic mass is 9.96. The number of nitrogens with zero attached hydrogens (tertiary/aromatic N) is 2. The first-order valence-electron chi connectivity index (χ1n) is 9.85. The van der Waals surface area contributed by atoms with Crippen molar-refractivity contribution in [2.24, 2.45) is 5.92 Å². The Bertz CT molecular complexity index is 880. The Morgan fingerprint density at radius 1 is 1.00 bits per heavy atom. The van der Waals surface area contributed by atoms with E-state index in [1.807, 2.05) is 4.90 Å². The third-order valence-corrected chi connectivity index (χ3v) is 5.33. The van der Waals surface area contributed by atoms with Crippen LogP contribution in [0.2, 0.25) is 0 Å². The van der Waals surface area contributed by atoms with Crippen LogP contribution in [-0.2, 0) is 0 Å². The van der Waals surface area contributed by atoms with E-state index < -0.39 is 0 Å². The zero-order valence-corrected chi connectivity index (χ0v) is 17.5. The zero-order chi connectivity index (χ0) is 21.5. The first-order valence-corrected chi connectivity index (χ1v) is 9.85. The first kappa shape index (κ1) is 21.4. The number of aromatic nitrogens is 1. The first-order chi connectivity index (χ1) is 14.6. The predicted octanol–water partition coefficient (Wildman–Crippen LogP) is 2.39. The van der Waals surface area contributed by atoms with Gasteiger partial charge in [-0.1, -0.05) is 0 Å². The van der Waals surface area contributed by atoms with Gasteiger partial charge in [-0.3, -0.25) is 14.6 Å². The van der Waals surface area contributed by atoms with Gasteiger partial charge in [-0.25, -0.2) is 0 Å². The van der Waals surface area contributed by atoms with Crippen molar-refractivity contribution in [3.8, 4) is 17.2 Å². The number of nitrogens with one attached hydrogen (secondary N) is 1. The molecule has 1 aliphatic heterocycles. The van der Waals surface area contributed by atoms with E-state index in [9.17, 15) is 9.59 Å². The monoisotopic (exact) mass is 413 g/mol. The molecule has 0 spiro atoms. The number of likely N-dealkylation sites (tertiary alicyclic amines) is 1. The summed E-state index contributed by atoms with van der Waals surface area (Å²) in [6, 6.07) is 6.79. The molecule has 3 rings (SSSR count). The van der Waals surface area contributed by atoms with Crippen LogP contribution >= 0.6 is 0 Å². The number of benzene rings is 1. The molecule has 0 bridgehead atoms. The summed E-state index contributed by atoms with van der Waals surface area (Å²) in [7, 11) is 4.52. The van der Waals surface area contributed by atoms with Gasteiger partial charge in [-0.05, 0) is 43.0 Å². The van der Waals surface area contributed by atoms with E-state index in [0.29, 0.717) is 53.9 Å². The van der Waals surface area contributed by atoms with Crippen molar-refractivity contribution in [3.05, 3.63) is 47.8 Å². The summed E-state index contributed by atoms with van der Waals surface area (Å²) in [6.45, 7) is 1.87. The SMILES string of the molecule is COc1ccc(C(=O)NCC2CCN(C(=O)c3ccncc3)CC2)c(OC)c1OC. The van der Waals surface area contributed by atoms with Crippen molar-refractivity contribution in [1.82, 2.24) is 15.2 Å². The number of methoxy groups -OCH3 is 3. The molecular weight excluding hydrogens is 386 g/mol. The highest BCUT2D eigenvalue weighted by atomic mass is 16.5. The standard InChI is InChI=1S/C22H27N3O5/c1-28-18-5-4-17(19(29-2)20(18)30-3)21(26)24-14-15-8-12-25(13-9-15)22(27)16-6-10-23-11-7-16/h4-7,10-11,15H,8-9,12-14H2,1-3H3,(H,24,26). The molecule has 1 aromatic carbocycles. The van der Waals surface area contributed by atoms with Gasteiger partial charge in [-0.15, -0.1) is 0 Å². The number of ether oxygens (including phenoxy) is 3. The number of pyridine rings is 1. The maximum absolute atomic E-state index is 12.7. The number of piperidine rings is 1. The summed E-state index contributed by atoms with van der Waals surface area (Å²) in [6.07, 6.45) is 4.91. The van der Waals surface area contributed by atoms with Crippen molar-refractivity contribution in [3.63, 3.8) is 0 Å². The molecule has 0 atom stereocenters. The molecule has 2 heterocycles. The fourth-order valence-corrected chi connectivity index (χ4v) is 3.63. The molecule has 0 aliphatic carbocycles. The largest absolute Gasteiger partial charge is 0.493 e. The zero-order valence-electron chi connectivity index (χ0n) is 17.5. The minimum atomic E-state index is -0.233. The second-order valence-electron chi connectivity index (χ2n) is 7.06. The lowest BCUT2D eigenvalue weighted by Crippen LogP contribution is -2.41. The van der Waals surface area contributed by atoms with Crippen LogP contribution < -0.4 is 19.5 Å². The number of amides is 2. The van der Waals surface area contributed by atoms with Gasteiger partial charge in [0.2, 0.25) is 5.75 Å². The number of carbonyl (C=O) groups excluding carboxylic acids is 2. The number of carbonyl (C=O) groups is 2. The molecule has 8 heteroatoms. The minimum Gasteiger partial charge on any atom is -0.493 e. The number of hydrogen-bond donors (Lipinski definition) is 1. The fraction of sp³-hybridized carbons (Fsp3) is 0.409. The molecule has 1 aromatic heterocycles. The highest BCUT2D eigenvalue weighted by molar-refractivity contribution is 5.98. The molecule has 2 aromatic rings. The highest BCUT2D eigenvalue weighted by Crippen LogP contribution is 2.39. The van der Waals surface area contributed by atoms with E-state index in [2.05, 4.69) is 10.3 Å². The Morgan fingerprint density at radius 2 is 1.67 bits per heavy atom. The molecule has 1 N–H and O–H groups in total. The average Bonchev–Trinajstić information content (AvgIpc) is 2.81. The summed E-state index contributed by atoms with van der Waals surface area (Å²) in [5.41, 5.74) is 1.04. The van der Waals surface area contributed by atoms with E-state index in [0.717, 1.165) is 12.8 Å². The topological polar surface area (TPSA) is 90.0 Å². The van der Waals surface area contributed by atoms with Crippen molar-refractivity contribution in [2.75, 3.05) is 41.0 Å². The molecule has 30 heavy (non-hydrogen) atoms. The van der Waals surface area contributed by atoms with Crippen molar-refractivity contribution in [2.45, 2.75) is 12.8 Å². The Labute approximate surface area is 176 Å². The van der Waals surface area contributed by atoms with Crippen molar-refractivity contribution in [1.29, 1.82) is 0 Å². The van der Waals surface area contributed by atoms with E-state index in [4.69, 9.17) is 14.2 Å². The molecule has 1 fully saturated rings. The quantitative estimate of drug-likeness (QED) is 0.750. The van der Waals surface area contributed by atoms with Crippen LogP contribution in [0.4, 0.5) is 0 Å². The molecule has 0 radical (unpaired) electrons. The Kier molecular flexibility index (Phi) is 7.11. The summed E-state index contributed by atoms with van der Waals surface area (Å²) in [5, 5.41) is 2.98. The van der Waals surface area contributed by atoms with Gasteiger partial charge < -0.3 is 24.4 Å². The Morgan fingerprint density at radius 3 is 2.27 bits per heavy atom. The maximum atomic E-state index is 12.7. The van der Waals surface area contributed by atoms with Gasteiger partial charge >= 0.3 is 0 Å². The van der Waals surface area contributed by atoms with Gasteiger partial charge in [0.25, 0.3) is 11.8 Å². The van der Waals surface area contributed by atoms with Crippen LogP contribution in [0.1, 0.15) is 33.6 Å². The van der Waals surface area contributed by atoms with Gasteiger partial charge in [-0.2, -0.15) is 0 Å². The summed E-state index contributed by atoms with van der Waals surface area (Å²) >= 11 is 0. The van der Waals surface area contributed by atoms with E-state index >= 15 is 0 Å². The maximum Gasteiger partial charge on any atom is 0.255 e. The van der Waals surface area contributed by atoms with Crippen LogP contribution in [-0.4, -0.2) is 62.7 Å². The summed E-state index contributed by atoms with van der Waals surface area (Å²) in [5.74, 6) is 1.32. The number of hydrogen-bond acceptors (Lipinski definition) is 6. The molecule has 0 saturated carbocycles. The highest BCUT2D eigenvalue weighted by Gasteiger charge is 2.25. The van der Waals surface area contributed by atoms with Crippen LogP contribution in [0.25, 0.3) is 0 Å². The number of rotatable bonds is 7. The van der Waals surface area contributed by atoms with Gasteiger partial charge in [0.15, 0.2) is 11.5 Å². The Hall–Kier alpha value is -3.29. The average molecular weight is 413 g/mol. The normalized spacial score (nSPS) is 14.2. The molecular formula is C22H27N3O5. The Balaban J connectivity index is 1.56. The smallest absolute Gasteiger partial charge is 0.255 e. The molecule has 1 aliphatic rings. The summed E-state index contributed by atoms with van der Waals surface area (Å²) < 4.78 is 16.0. The molecule has 8 nitrogen and oxygen atoms in total. The molecule has 2 amide bonds. The lowest BCUT2D eigenvalue weighted by molar-refractivity contribution is 0.0684. The van der Waals surface area contributed by atoms with Gasteiger partial charge in [0.1, 0.15) is 0 Å². The van der Waals surface area contributed by atoms with Crippen LogP contribution in [0, 0.1) is 5.92 Å². The molecule has 160 valence electrons. The van der Waals surface area contributed by atoms with Crippen molar-refractivity contribution < 1.29 is 23.8 Å². The van der Waals surface area contributed by atoms with Crippen LogP contribution in [0.3, 0.4) is 0 Å². The van der Waals surface area contributed by atoms with Gasteiger partial charge in [0.05, 0.1) is 26.9 Å². The van der Waals surface area contributed by atoms with Crippen LogP contribution in [0.15, 0.2) is 36.7 Å². The van der Waals surface area contributed by atoms with Crippen molar-refractivity contribution >= 4 is 11.8 Å². The fourth-order valence-electron chi connectivity index (χ4n) is 3.63. The van der Waals surface area contributed by atoms with E-state index in [-0.39, 0.29) is 11.8 Å². The van der Waals surface area contributed by atoms with Gasteiger partial charge in [0, 0.05) is 37.6 Å².